The smallest absolute Gasteiger partial charge is 0.0104 e. The topological polar surface area (TPSA) is 0 Å². The first kappa shape index (κ1) is 33.3. The van der Waals surface area contributed by atoms with Crippen LogP contribution in [0.25, 0.3) is 0 Å². The molecule has 0 saturated carbocycles. The van der Waals surface area contributed by atoms with Crippen LogP contribution in [0.3, 0.4) is 0 Å². The van der Waals surface area contributed by atoms with Crippen LogP contribution in [0.4, 0.5) is 0 Å². The van der Waals surface area contributed by atoms with Gasteiger partial charge in [-0.2, -0.15) is 0 Å². The van der Waals surface area contributed by atoms with E-state index in [1.165, 1.54) is 72.0 Å². The third-order valence-electron chi connectivity index (χ3n) is 8.38. The fourth-order valence-electron chi connectivity index (χ4n) is 5.79. The van der Waals surface area contributed by atoms with Crippen LogP contribution in [-0.2, 0) is 0 Å². The third kappa shape index (κ3) is 11.3. The van der Waals surface area contributed by atoms with Gasteiger partial charge in [0.25, 0.3) is 0 Å². The lowest BCUT2D eigenvalue weighted by Gasteiger charge is -2.33. The summed E-state index contributed by atoms with van der Waals surface area (Å²) in [7, 11) is 0. The maximum absolute atomic E-state index is 2.37. The molecular weight excluding hydrogens is 480 g/mol. The molecule has 0 fully saturated rings. The average Bonchev–Trinajstić information content (AvgIpc) is 2.85. The van der Waals surface area contributed by atoms with Crippen molar-refractivity contribution in [2.75, 3.05) is 0 Å². The van der Waals surface area contributed by atoms with Crippen LogP contribution in [0.2, 0.25) is 0 Å². The van der Waals surface area contributed by atoms with Crippen LogP contribution in [0.5, 0.6) is 0 Å². The summed E-state index contributed by atoms with van der Waals surface area (Å²) in [4.78, 5) is 0. The summed E-state index contributed by atoms with van der Waals surface area (Å²) >= 11 is 0. The standard InChI is InChI=1S/C40H56/c1-31(19-13-21-33(3)25-27-37-35(5)23-15-29-39(37,7)8)17-11-12-18-32(2)20-14-22-34(4)26-28-38-36(6)24-16-30-40(38,9)10/h11-14,17-22,25-28H,15-16,23-24,29-30H2,1-10H3/b12-11+,19-13-,20-14-,27-25+,28-26+,31-17+,32-18+,33-21+,34-22+. The zero-order chi connectivity index (χ0) is 29.8. The lowest BCUT2D eigenvalue weighted by Crippen LogP contribution is -2.19. The Morgan fingerprint density at radius 1 is 0.500 bits per heavy atom. The molecule has 2 aliphatic carbocycles. The van der Waals surface area contributed by atoms with Gasteiger partial charge in [-0.1, -0.05) is 146 Å². The van der Waals surface area contributed by atoms with E-state index in [1.807, 2.05) is 0 Å². The third-order valence-corrected chi connectivity index (χ3v) is 8.38. The van der Waals surface area contributed by atoms with Gasteiger partial charge in [0.05, 0.1) is 0 Å². The summed E-state index contributed by atoms with van der Waals surface area (Å²) in [5.41, 5.74) is 11.7. The summed E-state index contributed by atoms with van der Waals surface area (Å²) in [5.74, 6) is 0. The number of hydrogen-bond acceptors (Lipinski definition) is 0. The zero-order valence-corrected chi connectivity index (χ0v) is 27.3. The van der Waals surface area contributed by atoms with Crippen molar-refractivity contribution in [1.29, 1.82) is 0 Å². The molecule has 2 aliphatic rings. The second-order valence-corrected chi connectivity index (χ2v) is 13.3. The number of hydrogen-bond donors (Lipinski definition) is 0. The molecule has 0 saturated heterocycles. The summed E-state index contributed by atoms with van der Waals surface area (Å²) in [6, 6.07) is 0. The largest absolute Gasteiger partial charge is 0.0696 e. The van der Waals surface area contributed by atoms with Crippen molar-refractivity contribution in [2.24, 2.45) is 10.8 Å². The van der Waals surface area contributed by atoms with E-state index in [4.69, 9.17) is 0 Å². The van der Waals surface area contributed by atoms with Gasteiger partial charge in [0.1, 0.15) is 0 Å². The van der Waals surface area contributed by atoms with Gasteiger partial charge >= 0.3 is 0 Å². The predicted octanol–water partition coefficient (Wildman–Crippen LogP) is 12.6. The minimum Gasteiger partial charge on any atom is -0.0696 e. The molecule has 40 heavy (non-hydrogen) atoms. The predicted molar refractivity (Wildman–Crippen MR) is 181 cm³/mol. The molecule has 0 unspecified atom stereocenters. The lowest BCUT2D eigenvalue weighted by molar-refractivity contribution is 0.376. The highest BCUT2D eigenvalue weighted by molar-refractivity contribution is 5.39. The van der Waals surface area contributed by atoms with Crippen molar-refractivity contribution in [1.82, 2.24) is 0 Å². The van der Waals surface area contributed by atoms with E-state index in [9.17, 15) is 0 Å². The van der Waals surface area contributed by atoms with Gasteiger partial charge in [0, 0.05) is 0 Å². The Morgan fingerprint density at radius 3 is 1.18 bits per heavy atom. The van der Waals surface area contributed by atoms with E-state index in [0.717, 1.165) is 0 Å². The Labute approximate surface area is 247 Å². The highest BCUT2D eigenvalue weighted by Crippen LogP contribution is 2.41. The maximum atomic E-state index is 2.37. The van der Waals surface area contributed by atoms with E-state index in [0.29, 0.717) is 10.8 Å². The van der Waals surface area contributed by atoms with Gasteiger partial charge in [0.2, 0.25) is 0 Å². The van der Waals surface area contributed by atoms with Crippen LogP contribution in [-0.4, -0.2) is 0 Å². The quantitative estimate of drug-likeness (QED) is 0.244. The van der Waals surface area contributed by atoms with E-state index in [2.05, 4.69) is 154 Å². The molecule has 216 valence electrons. The molecule has 0 heteroatoms. The molecule has 0 radical (unpaired) electrons. The van der Waals surface area contributed by atoms with Crippen molar-refractivity contribution < 1.29 is 0 Å². The Hall–Kier alpha value is -2.86. The highest BCUT2D eigenvalue weighted by Gasteiger charge is 2.27. The van der Waals surface area contributed by atoms with Gasteiger partial charge in [0.15, 0.2) is 0 Å². The van der Waals surface area contributed by atoms with E-state index in [1.54, 1.807) is 11.1 Å². The molecule has 0 aromatic rings. The highest BCUT2D eigenvalue weighted by atomic mass is 14.3. The molecular formula is C40H56. The first-order chi connectivity index (χ1) is 18.8. The lowest BCUT2D eigenvalue weighted by atomic mass is 9.72. The molecule has 0 spiro atoms. The Morgan fingerprint density at radius 2 is 0.825 bits per heavy atom. The summed E-state index contributed by atoms with van der Waals surface area (Å²) in [6.07, 6.45) is 38.4. The Kier molecular flexibility index (Phi) is 13.2. The van der Waals surface area contributed by atoms with Gasteiger partial charge in [-0.3, -0.25) is 0 Å². The SMILES string of the molecule is CC1=C(/C=C/C(C)=C/C=C\C(C)=C\C=C\C=C(C)\C=C/C=C(C)/C=C/C2=C(C)CCCC2(C)C)C(C)(C)CCC1. The first-order valence-electron chi connectivity index (χ1n) is 15.3. The Balaban J connectivity index is 1.89. The molecule has 0 aromatic heterocycles. The maximum Gasteiger partial charge on any atom is -0.0104 e. The van der Waals surface area contributed by atoms with Crippen molar-refractivity contribution in [3.05, 3.63) is 130 Å². The van der Waals surface area contributed by atoms with Crippen LogP contribution in [0.15, 0.2) is 130 Å². The minimum atomic E-state index is 0.291. The second-order valence-electron chi connectivity index (χ2n) is 13.3. The minimum absolute atomic E-state index is 0.291. The summed E-state index contributed by atoms with van der Waals surface area (Å²) in [5, 5.41) is 0. The molecule has 0 N–H and O–H groups in total. The fourth-order valence-corrected chi connectivity index (χ4v) is 5.79. The van der Waals surface area contributed by atoms with Gasteiger partial charge < -0.3 is 0 Å². The molecule has 0 aliphatic heterocycles. The van der Waals surface area contributed by atoms with Crippen LogP contribution in [0.1, 0.15) is 108 Å². The zero-order valence-electron chi connectivity index (χ0n) is 27.3. The fraction of sp³-hybridized carbons (Fsp3) is 0.450. The van der Waals surface area contributed by atoms with Crippen molar-refractivity contribution in [2.45, 2.75) is 108 Å². The van der Waals surface area contributed by atoms with Gasteiger partial charge in [-0.25, -0.2) is 0 Å². The normalized spacial score (nSPS) is 21.9. The van der Waals surface area contributed by atoms with Crippen molar-refractivity contribution in [3.63, 3.8) is 0 Å². The summed E-state index contributed by atoms with van der Waals surface area (Å²) < 4.78 is 0. The summed E-state index contributed by atoms with van der Waals surface area (Å²) in [6.45, 7) is 22.7. The number of rotatable bonds is 10. The first-order valence-corrected chi connectivity index (χ1v) is 15.3. The molecule has 0 aromatic carbocycles. The molecule has 0 heterocycles. The Bertz CT molecular complexity index is 1120. The van der Waals surface area contributed by atoms with Crippen molar-refractivity contribution in [3.8, 4) is 0 Å². The second kappa shape index (κ2) is 15.8. The van der Waals surface area contributed by atoms with Crippen molar-refractivity contribution >= 4 is 0 Å². The van der Waals surface area contributed by atoms with Crippen LogP contribution >= 0.6 is 0 Å². The van der Waals surface area contributed by atoms with Gasteiger partial charge in [-0.05, 0) is 102 Å². The average molecular weight is 537 g/mol. The molecule has 2 rings (SSSR count). The van der Waals surface area contributed by atoms with E-state index in [-0.39, 0.29) is 0 Å². The van der Waals surface area contributed by atoms with Crippen LogP contribution in [0, 0.1) is 10.8 Å². The molecule has 0 amide bonds. The molecule has 0 nitrogen and oxygen atoms in total. The van der Waals surface area contributed by atoms with Gasteiger partial charge in [-0.15, -0.1) is 0 Å². The monoisotopic (exact) mass is 536 g/mol. The molecule has 0 bridgehead atoms. The van der Waals surface area contributed by atoms with E-state index < -0.39 is 0 Å². The van der Waals surface area contributed by atoms with Crippen LogP contribution < -0.4 is 0 Å². The molecule has 0 atom stereocenters. The van der Waals surface area contributed by atoms with E-state index >= 15 is 0 Å². The number of allylic oxidation sites excluding steroid dienone is 22.